The van der Waals surface area contributed by atoms with Crippen LogP contribution in [0.3, 0.4) is 0 Å². The third-order valence-corrected chi connectivity index (χ3v) is 3.18. The largest absolute Gasteiger partial charge is 0.507 e. The SMILES string of the molecule is COC(=O)CCCC(=O)c1cc(C(C)(C)C)ccc1O. The van der Waals surface area contributed by atoms with Crippen LogP contribution in [0.25, 0.3) is 0 Å². The van der Waals surface area contributed by atoms with Crippen molar-refractivity contribution < 1.29 is 19.4 Å². The van der Waals surface area contributed by atoms with Crippen LogP contribution < -0.4 is 0 Å². The Balaban J connectivity index is 2.79. The summed E-state index contributed by atoms with van der Waals surface area (Å²) in [7, 11) is 1.32. The molecule has 1 aromatic carbocycles. The summed E-state index contributed by atoms with van der Waals surface area (Å²) in [6.45, 7) is 6.14. The second-order valence-corrected chi connectivity index (χ2v) is 5.83. The average Bonchev–Trinajstić information content (AvgIpc) is 2.37. The van der Waals surface area contributed by atoms with Crippen molar-refractivity contribution in [2.75, 3.05) is 7.11 Å². The Bertz CT molecular complexity index is 498. The van der Waals surface area contributed by atoms with Crippen molar-refractivity contribution in [2.24, 2.45) is 0 Å². The lowest BCUT2D eigenvalue weighted by Gasteiger charge is -2.20. The molecule has 0 aliphatic carbocycles. The minimum atomic E-state index is -0.328. The van der Waals surface area contributed by atoms with E-state index < -0.39 is 0 Å². The molecule has 0 radical (unpaired) electrons. The molecule has 0 aliphatic rings. The molecule has 110 valence electrons. The predicted octanol–water partition coefficient (Wildman–Crippen LogP) is 3.22. The number of aromatic hydroxyl groups is 1. The highest BCUT2D eigenvalue weighted by molar-refractivity contribution is 5.98. The van der Waals surface area contributed by atoms with Gasteiger partial charge in [0.2, 0.25) is 0 Å². The molecular weight excluding hydrogens is 256 g/mol. The lowest BCUT2D eigenvalue weighted by Crippen LogP contribution is -2.12. The Morgan fingerprint density at radius 2 is 1.85 bits per heavy atom. The first kappa shape index (κ1) is 16.2. The van der Waals surface area contributed by atoms with E-state index in [4.69, 9.17) is 0 Å². The number of esters is 1. The fraction of sp³-hybridized carbons (Fsp3) is 0.500. The van der Waals surface area contributed by atoms with Gasteiger partial charge in [0, 0.05) is 12.8 Å². The van der Waals surface area contributed by atoms with Gasteiger partial charge in [-0.05, 0) is 29.5 Å². The molecule has 0 bridgehead atoms. The number of Topliss-reactive ketones (excluding diaryl/α,β-unsaturated/α-hetero) is 1. The van der Waals surface area contributed by atoms with Crippen LogP contribution in [0.15, 0.2) is 18.2 Å². The summed E-state index contributed by atoms with van der Waals surface area (Å²) in [6, 6.07) is 5.10. The molecule has 0 heterocycles. The van der Waals surface area contributed by atoms with Gasteiger partial charge in [-0.1, -0.05) is 26.8 Å². The van der Waals surface area contributed by atoms with Gasteiger partial charge in [0.15, 0.2) is 5.78 Å². The van der Waals surface area contributed by atoms with E-state index in [0.29, 0.717) is 12.0 Å². The summed E-state index contributed by atoms with van der Waals surface area (Å²) < 4.78 is 4.53. The van der Waals surface area contributed by atoms with Crippen molar-refractivity contribution in [1.29, 1.82) is 0 Å². The van der Waals surface area contributed by atoms with E-state index in [1.165, 1.54) is 7.11 Å². The van der Waals surface area contributed by atoms with Gasteiger partial charge in [-0.15, -0.1) is 0 Å². The van der Waals surface area contributed by atoms with Crippen molar-refractivity contribution in [1.82, 2.24) is 0 Å². The zero-order valence-corrected chi connectivity index (χ0v) is 12.5. The van der Waals surface area contributed by atoms with Gasteiger partial charge < -0.3 is 9.84 Å². The number of carbonyl (C=O) groups excluding carboxylic acids is 2. The number of benzene rings is 1. The minimum Gasteiger partial charge on any atom is -0.507 e. The maximum Gasteiger partial charge on any atom is 0.305 e. The molecule has 0 aromatic heterocycles. The topological polar surface area (TPSA) is 63.6 Å². The normalized spacial score (nSPS) is 11.2. The van der Waals surface area contributed by atoms with E-state index in [9.17, 15) is 14.7 Å². The van der Waals surface area contributed by atoms with Gasteiger partial charge in [0.1, 0.15) is 5.75 Å². The average molecular weight is 278 g/mol. The Kier molecular flexibility index (Phi) is 5.31. The summed E-state index contributed by atoms with van der Waals surface area (Å²) in [5, 5.41) is 9.81. The first-order chi connectivity index (χ1) is 9.25. The lowest BCUT2D eigenvalue weighted by atomic mass is 9.85. The number of rotatable bonds is 5. The molecule has 0 saturated heterocycles. The van der Waals surface area contributed by atoms with E-state index in [2.05, 4.69) is 4.74 Å². The third-order valence-electron chi connectivity index (χ3n) is 3.18. The van der Waals surface area contributed by atoms with Crippen molar-refractivity contribution >= 4 is 11.8 Å². The minimum absolute atomic E-state index is 0.0129. The van der Waals surface area contributed by atoms with Crippen LogP contribution in [-0.2, 0) is 14.9 Å². The molecule has 20 heavy (non-hydrogen) atoms. The van der Waals surface area contributed by atoms with E-state index in [1.54, 1.807) is 12.1 Å². The van der Waals surface area contributed by atoms with Gasteiger partial charge >= 0.3 is 5.97 Å². The number of methoxy groups -OCH3 is 1. The molecule has 0 unspecified atom stereocenters. The third kappa shape index (κ3) is 4.37. The maximum absolute atomic E-state index is 12.1. The predicted molar refractivity (Wildman–Crippen MR) is 77.0 cm³/mol. The molecule has 0 spiro atoms. The highest BCUT2D eigenvalue weighted by atomic mass is 16.5. The second-order valence-electron chi connectivity index (χ2n) is 5.83. The van der Waals surface area contributed by atoms with Crippen LogP contribution in [0.1, 0.15) is 56.0 Å². The van der Waals surface area contributed by atoms with E-state index in [1.807, 2.05) is 26.8 Å². The zero-order chi connectivity index (χ0) is 15.3. The summed E-state index contributed by atoms with van der Waals surface area (Å²) >= 11 is 0. The summed E-state index contributed by atoms with van der Waals surface area (Å²) in [5.41, 5.74) is 1.23. The maximum atomic E-state index is 12.1. The molecule has 0 amide bonds. The zero-order valence-electron chi connectivity index (χ0n) is 12.5. The van der Waals surface area contributed by atoms with Gasteiger partial charge in [-0.25, -0.2) is 0 Å². The number of ketones is 1. The van der Waals surface area contributed by atoms with Crippen molar-refractivity contribution in [2.45, 2.75) is 45.4 Å². The molecule has 0 fully saturated rings. The number of ether oxygens (including phenoxy) is 1. The number of phenols is 1. The quantitative estimate of drug-likeness (QED) is 0.663. The van der Waals surface area contributed by atoms with E-state index >= 15 is 0 Å². The molecule has 1 N–H and O–H groups in total. The second kappa shape index (κ2) is 6.55. The fourth-order valence-corrected chi connectivity index (χ4v) is 1.86. The Morgan fingerprint density at radius 3 is 2.40 bits per heavy atom. The highest BCUT2D eigenvalue weighted by Gasteiger charge is 2.18. The molecule has 0 aliphatic heterocycles. The first-order valence-electron chi connectivity index (χ1n) is 6.69. The molecule has 1 rings (SSSR count). The molecule has 1 aromatic rings. The van der Waals surface area contributed by atoms with Crippen LogP contribution in [0.4, 0.5) is 0 Å². The molecule has 0 atom stereocenters. The first-order valence-corrected chi connectivity index (χ1v) is 6.69. The van der Waals surface area contributed by atoms with Crippen molar-refractivity contribution in [3.8, 4) is 5.75 Å². The Hall–Kier alpha value is -1.84. The van der Waals surface area contributed by atoms with Crippen LogP contribution >= 0.6 is 0 Å². The van der Waals surface area contributed by atoms with Crippen LogP contribution in [-0.4, -0.2) is 24.0 Å². The summed E-state index contributed by atoms with van der Waals surface area (Å²) in [6.07, 6.45) is 0.850. The Morgan fingerprint density at radius 1 is 1.20 bits per heavy atom. The number of carbonyl (C=O) groups is 2. The molecule has 4 nitrogen and oxygen atoms in total. The monoisotopic (exact) mass is 278 g/mol. The number of phenolic OH excluding ortho intramolecular Hbond substituents is 1. The Labute approximate surface area is 119 Å². The van der Waals surface area contributed by atoms with Gasteiger partial charge in [-0.3, -0.25) is 9.59 Å². The molecular formula is C16H22O4. The van der Waals surface area contributed by atoms with E-state index in [0.717, 1.165) is 5.56 Å². The van der Waals surface area contributed by atoms with Crippen molar-refractivity contribution in [3.63, 3.8) is 0 Å². The number of hydrogen-bond acceptors (Lipinski definition) is 4. The van der Waals surface area contributed by atoms with E-state index in [-0.39, 0.29) is 35.8 Å². The van der Waals surface area contributed by atoms with Crippen LogP contribution in [0.5, 0.6) is 5.75 Å². The van der Waals surface area contributed by atoms with Gasteiger partial charge in [-0.2, -0.15) is 0 Å². The van der Waals surface area contributed by atoms with Crippen LogP contribution in [0.2, 0.25) is 0 Å². The standard InChI is InChI=1S/C16H22O4/c1-16(2,3)11-8-9-14(18)12(10-11)13(17)6-5-7-15(19)20-4/h8-10,18H,5-7H2,1-4H3. The van der Waals surface area contributed by atoms with Gasteiger partial charge in [0.25, 0.3) is 0 Å². The summed E-state index contributed by atoms with van der Waals surface area (Å²) in [5.74, 6) is -0.496. The molecule has 4 heteroatoms. The summed E-state index contributed by atoms with van der Waals surface area (Å²) in [4.78, 5) is 23.1. The molecule has 0 saturated carbocycles. The van der Waals surface area contributed by atoms with Crippen LogP contribution in [0, 0.1) is 0 Å². The van der Waals surface area contributed by atoms with Gasteiger partial charge in [0.05, 0.1) is 12.7 Å². The fourth-order valence-electron chi connectivity index (χ4n) is 1.86. The highest BCUT2D eigenvalue weighted by Crippen LogP contribution is 2.28. The lowest BCUT2D eigenvalue weighted by molar-refractivity contribution is -0.140. The van der Waals surface area contributed by atoms with Crippen molar-refractivity contribution in [3.05, 3.63) is 29.3 Å². The smallest absolute Gasteiger partial charge is 0.305 e. The number of hydrogen-bond donors (Lipinski definition) is 1.